The lowest BCUT2D eigenvalue weighted by Crippen LogP contribution is -2.48. The molecule has 0 amide bonds. The summed E-state index contributed by atoms with van der Waals surface area (Å²) in [5, 5.41) is 12.4. The highest BCUT2D eigenvalue weighted by Crippen LogP contribution is 2.35. The average Bonchev–Trinajstić information content (AvgIpc) is 2.70. The van der Waals surface area contributed by atoms with Crippen molar-refractivity contribution in [3.05, 3.63) is 75.7 Å². The Kier molecular flexibility index (Phi) is 6.38. The molecule has 0 spiro atoms. The first-order chi connectivity index (χ1) is 14.2. The van der Waals surface area contributed by atoms with Crippen molar-refractivity contribution in [2.45, 2.75) is 19.9 Å². The Morgan fingerprint density at radius 1 is 1.27 bits per heavy atom. The average molecular weight is 449 g/mol. The van der Waals surface area contributed by atoms with Gasteiger partial charge in [0, 0.05) is 11.4 Å². The van der Waals surface area contributed by atoms with Gasteiger partial charge in [-0.25, -0.2) is 14.0 Å². The van der Waals surface area contributed by atoms with Crippen molar-refractivity contribution in [3.63, 3.8) is 0 Å². The van der Waals surface area contributed by atoms with Gasteiger partial charge in [0.05, 0.1) is 28.8 Å². The number of carbonyl (C=O) groups is 2. The number of hydrogen-bond donors (Lipinski definition) is 2. The summed E-state index contributed by atoms with van der Waals surface area (Å²) in [5.41, 5.74) is 2.04. The van der Waals surface area contributed by atoms with Gasteiger partial charge in [-0.1, -0.05) is 23.7 Å². The molecule has 1 aliphatic heterocycles. The molecule has 1 unspecified atom stereocenters. The van der Waals surface area contributed by atoms with Crippen LogP contribution in [0, 0.1) is 5.82 Å². The lowest BCUT2D eigenvalue weighted by molar-refractivity contribution is -0.139. The minimum atomic E-state index is -1.05. The maximum Gasteiger partial charge on any atom is 0.338 e. The molecule has 0 radical (unpaired) electrons. The highest BCUT2D eigenvalue weighted by Gasteiger charge is 2.35. The van der Waals surface area contributed by atoms with Gasteiger partial charge in [0.2, 0.25) is 0 Å². The summed E-state index contributed by atoms with van der Waals surface area (Å²) >= 11 is 11.4. The molecule has 3 rings (SSSR count). The van der Waals surface area contributed by atoms with Crippen molar-refractivity contribution < 1.29 is 23.8 Å². The molecule has 0 bridgehead atoms. The SMILES string of the molecule is CCOC(=O)C1=C(C)N(c2ccc(F)c(Cl)c2)C(=S)NC1c1ccc(C(=O)O)cc1. The van der Waals surface area contributed by atoms with Crippen LogP contribution in [0.1, 0.15) is 35.8 Å². The number of allylic oxidation sites excluding steroid dienone is 1. The molecule has 1 aliphatic rings. The normalized spacial score (nSPS) is 16.3. The molecule has 6 nitrogen and oxygen atoms in total. The van der Waals surface area contributed by atoms with Gasteiger partial charge in [0.25, 0.3) is 0 Å². The number of aromatic carboxylic acids is 1. The van der Waals surface area contributed by atoms with E-state index < -0.39 is 23.8 Å². The molecule has 1 atom stereocenters. The lowest BCUT2D eigenvalue weighted by Gasteiger charge is -2.37. The summed E-state index contributed by atoms with van der Waals surface area (Å²) in [4.78, 5) is 25.5. The number of hydrogen-bond acceptors (Lipinski definition) is 4. The number of thiocarbonyl (C=S) groups is 1. The third kappa shape index (κ3) is 4.15. The quantitative estimate of drug-likeness (QED) is 0.516. The predicted octanol–water partition coefficient (Wildman–Crippen LogP) is 4.45. The number of carboxylic acids is 1. The molecular weight excluding hydrogens is 431 g/mol. The number of nitrogens with one attached hydrogen (secondary N) is 1. The molecule has 9 heteroatoms. The zero-order valence-electron chi connectivity index (χ0n) is 16.1. The van der Waals surface area contributed by atoms with Crippen LogP contribution in [0.3, 0.4) is 0 Å². The van der Waals surface area contributed by atoms with Crippen molar-refractivity contribution in [1.29, 1.82) is 0 Å². The van der Waals surface area contributed by atoms with Gasteiger partial charge in [0.1, 0.15) is 5.82 Å². The molecule has 0 aliphatic carbocycles. The summed E-state index contributed by atoms with van der Waals surface area (Å²) < 4.78 is 18.9. The Morgan fingerprint density at radius 2 is 1.93 bits per heavy atom. The topological polar surface area (TPSA) is 78.9 Å². The van der Waals surface area contributed by atoms with E-state index in [1.807, 2.05) is 0 Å². The maximum atomic E-state index is 13.6. The van der Waals surface area contributed by atoms with Gasteiger partial charge in [-0.3, -0.25) is 4.90 Å². The van der Waals surface area contributed by atoms with Crippen molar-refractivity contribution in [2.24, 2.45) is 0 Å². The summed E-state index contributed by atoms with van der Waals surface area (Å²) in [6.07, 6.45) is 0. The van der Waals surface area contributed by atoms with Crippen molar-refractivity contribution in [2.75, 3.05) is 11.5 Å². The largest absolute Gasteiger partial charge is 0.478 e. The molecule has 0 fully saturated rings. The molecule has 2 aromatic carbocycles. The van der Waals surface area contributed by atoms with Crippen LogP contribution in [0.2, 0.25) is 5.02 Å². The van der Waals surface area contributed by atoms with E-state index in [1.54, 1.807) is 30.9 Å². The van der Waals surface area contributed by atoms with Crippen LogP contribution >= 0.6 is 23.8 Å². The van der Waals surface area contributed by atoms with Crippen LogP contribution in [-0.2, 0) is 9.53 Å². The third-order valence-electron chi connectivity index (χ3n) is 4.63. The van der Waals surface area contributed by atoms with Gasteiger partial charge in [0.15, 0.2) is 5.11 Å². The standard InChI is InChI=1S/C21H18ClFN2O4S/c1-3-29-20(28)17-11(2)25(14-8-9-16(23)15(22)10-14)21(30)24-18(17)12-4-6-13(7-5-12)19(26)27/h4-10,18H,3H2,1-2H3,(H,24,30)(H,26,27). The molecule has 0 saturated heterocycles. The summed E-state index contributed by atoms with van der Waals surface area (Å²) in [6.45, 7) is 3.57. The summed E-state index contributed by atoms with van der Waals surface area (Å²) in [7, 11) is 0. The highest BCUT2D eigenvalue weighted by atomic mass is 35.5. The number of rotatable bonds is 5. The second kappa shape index (κ2) is 8.81. The van der Waals surface area contributed by atoms with E-state index in [1.165, 1.54) is 30.3 Å². The van der Waals surface area contributed by atoms with E-state index in [-0.39, 0.29) is 22.3 Å². The summed E-state index contributed by atoms with van der Waals surface area (Å²) in [6, 6.07) is 9.61. The smallest absolute Gasteiger partial charge is 0.338 e. The van der Waals surface area contributed by atoms with Crippen LogP contribution in [0.4, 0.5) is 10.1 Å². The second-order valence-corrected chi connectivity index (χ2v) is 7.26. The Hall–Kier alpha value is -2.97. The van der Waals surface area contributed by atoms with Crippen LogP contribution < -0.4 is 10.2 Å². The first-order valence-electron chi connectivity index (χ1n) is 9.01. The Bertz CT molecular complexity index is 1060. The number of ether oxygens (including phenoxy) is 1. The number of carbonyl (C=O) groups excluding carboxylic acids is 1. The Morgan fingerprint density at radius 3 is 2.50 bits per heavy atom. The van der Waals surface area contributed by atoms with Crippen molar-refractivity contribution >= 4 is 46.6 Å². The maximum absolute atomic E-state index is 13.6. The van der Waals surface area contributed by atoms with Gasteiger partial charge >= 0.3 is 11.9 Å². The molecule has 2 aromatic rings. The second-order valence-electron chi connectivity index (χ2n) is 6.46. The van der Waals surface area contributed by atoms with E-state index in [2.05, 4.69) is 5.32 Å². The van der Waals surface area contributed by atoms with E-state index in [9.17, 15) is 14.0 Å². The fraction of sp³-hybridized carbons (Fsp3) is 0.190. The van der Waals surface area contributed by atoms with Gasteiger partial charge in [-0.05, 0) is 62.0 Å². The molecule has 156 valence electrons. The number of nitrogens with zero attached hydrogens (tertiary/aromatic N) is 1. The predicted molar refractivity (Wildman–Crippen MR) is 115 cm³/mol. The molecule has 1 heterocycles. The fourth-order valence-corrected chi connectivity index (χ4v) is 3.75. The van der Waals surface area contributed by atoms with Crippen LogP contribution in [0.15, 0.2) is 53.7 Å². The number of halogens is 2. The number of anilines is 1. The van der Waals surface area contributed by atoms with Gasteiger partial charge in [-0.2, -0.15) is 0 Å². The van der Waals surface area contributed by atoms with E-state index in [4.69, 9.17) is 33.7 Å². The minimum absolute atomic E-state index is 0.0767. The van der Waals surface area contributed by atoms with E-state index in [0.717, 1.165) is 0 Å². The lowest BCUT2D eigenvalue weighted by atomic mass is 9.94. The van der Waals surface area contributed by atoms with Crippen LogP contribution in [-0.4, -0.2) is 28.8 Å². The molecule has 2 N–H and O–H groups in total. The van der Waals surface area contributed by atoms with Crippen molar-refractivity contribution in [3.8, 4) is 0 Å². The minimum Gasteiger partial charge on any atom is -0.478 e. The zero-order valence-corrected chi connectivity index (χ0v) is 17.7. The molecule has 0 aromatic heterocycles. The third-order valence-corrected chi connectivity index (χ3v) is 5.22. The molecule has 30 heavy (non-hydrogen) atoms. The van der Waals surface area contributed by atoms with E-state index >= 15 is 0 Å². The monoisotopic (exact) mass is 448 g/mol. The Balaban J connectivity index is 2.11. The Labute approximate surface area is 182 Å². The number of esters is 1. The first-order valence-corrected chi connectivity index (χ1v) is 9.80. The molecular formula is C21H18ClFN2O4S. The van der Waals surface area contributed by atoms with Gasteiger partial charge < -0.3 is 15.2 Å². The van der Waals surface area contributed by atoms with Gasteiger partial charge in [-0.15, -0.1) is 0 Å². The zero-order chi connectivity index (χ0) is 22.0. The van der Waals surface area contributed by atoms with Crippen LogP contribution in [0.5, 0.6) is 0 Å². The number of carboxylic acid groups (broad SMARTS) is 1. The van der Waals surface area contributed by atoms with Crippen molar-refractivity contribution in [1.82, 2.24) is 5.32 Å². The summed E-state index contributed by atoms with van der Waals surface area (Å²) in [5.74, 6) is -2.17. The highest BCUT2D eigenvalue weighted by molar-refractivity contribution is 7.80. The fourth-order valence-electron chi connectivity index (χ4n) is 3.22. The first kappa shape index (κ1) is 21.7. The number of benzene rings is 2. The van der Waals surface area contributed by atoms with Crippen LogP contribution in [0.25, 0.3) is 0 Å². The van der Waals surface area contributed by atoms with E-state index in [0.29, 0.717) is 22.5 Å². The molecule has 0 saturated carbocycles.